The first-order valence-electron chi connectivity index (χ1n) is 9.89. The van der Waals surface area contributed by atoms with E-state index in [1.54, 1.807) is 0 Å². The number of nitrogens with one attached hydrogen (secondary N) is 3. The van der Waals surface area contributed by atoms with E-state index < -0.39 is 23.4 Å². The van der Waals surface area contributed by atoms with Gasteiger partial charge in [-0.3, -0.25) is 4.99 Å². The molecule has 28 heavy (non-hydrogen) atoms. The quantitative estimate of drug-likeness (QED) is 0.371. The molecule has 1 saturated heterocycles. The van der Waals surface area contributed by atoms with Crippen molar-refractivity contribution in [2.75, 3.05) is 32.7 Å². The largest absolute Gasteiger partial charge is 0.444 e. The Morgan fingerprint density at radius 1 is 1.04 bits per heavy atom. The van der Waals surface area contributed by atoms with E-state index in [0.29, 0.717) is 19.6 Å². The molecule has 1 heterocycles. The standard InChI is InChI=1S/C19H37N5O4/c1-8-20-15(21-10-11-22-16(25)27-18(2,3)4)24-12-9-14(13-24)23-17(26)28-19(5,6)7/h14H,8-13H2,1-7H3,(H,20,21)(H,22,25)(H,23,26). The SMILES string of the molecule is CCNC(=NCCNC(=O)OC(C)(C)C)N1CCC(NC(=O)OC(C)(C)C)C1. The van der Waals surface area contributed by atoms with E-state index in [1.807, 2.05) is 48.5 Å². The molecule has 0 aromatic carbocycles. The molecule has 0 aromatic heterocycles. The topological polar surface area (TPSA) is 104 Å². The normalized spacial score (nSPS) is 17.9. The van der Waals surface area contributed by atoms with Crippen LogP contribution in [0.1, 0.15) is 54.9 Å². The zero-order valence-corrected chi connectivity index (χ0v) is 18.3. The van der Waals surface area contributed by atoms with Crippen LogP contribution >= 0.6 is 0 Å². The van der Waals surface area contributed by atoms with Crippen LogP contribution in [0.5, 0.6) is 0 Å². The zero-order chi connectivity index (χ0) is 21.4. The number of carbonyl (C=O) groups excluding carboxylic acids is 2. The minimum absolute atomic E-state index is 0.0126. The molecule has 0 aliphatic carbocycles. The van der Waals surface area contributed by atoms with Crippen LogP contribution in [-0.2, 0) is 9.47 Å². The maximum atomic E-state index is 11.9. The highest BCUT2D eigenvalue weighted by Gasteiger charge is 2.27. The number of hydrogen-bond acceptors (Lipinski definition) is 5. The van der Waals surface area contributed by atoms with Crippen molar-refractivity contribution in [1.82, 2.24) is 20.9 Å². The predicted octanol–water partition coefficient (Wildman–Crippen LogP) is 2.08. The van der Waals surface area contributed by atoms with Crippen LogP contribution in [0, 0.1) is 0 Å². The van der Waals surface area contributed by atoms with Gasteiger partial charge in [-0.15, -0.1) is 0 Å². The zero-order valence-electron chi connectivity index (χ0n) is 18.3. The summed E-state index contributed by atoms with van der Waals surface area (Å²) in [5.41, 5.74) is -1.03. The number of nitrogens with zero attached hydrogens (tertiary/aromatic N) is 2. The average molecular weight is 400 g/mol. The van der Waals surface area contributed by atoms with E-state index in [9.17, 15) is 9.59 Å². The smallest absolute Gasteiger partial charge is 0.407 e. The predicted molar refractivity (Wildman–Crippen MR) is 110 cm³/mol. The molecule has 0 saturated carbocycles. The van der Waals surface area contributed by atoms with E-state index in [1.165, 1.54) is 0 Å². The van der Waals surface area contributed by atoms with Crippen molar-refractivity contribution in [3.63, 3.8) is 0 Å². The fraction of sp³-hybridized carbons (Fsp3) is 0.842. The number of guanidine groups is 1. The first-order chi connectivity index (χ1) is 12.9. The summed E-state index contributed by atoms with van der Waals surface area (Å²) in [5, 5.41) is 8.85. The van der Waals surface area contributed by atoms with Gasteiger partial charge in [0.2, 0.25) is 0 Å². The van der Waals surface area contributed by atoms with Crippen LogP contribution < -0.4 is 16.0 Å². The summed E-state index contributed by atoms with van der Waals surface area (Å²) < 4.78 is 10.5. The van der Waals surface area contributed by atoms with Crippen molar-refractivity contribution in [2.45, 2.75) is 72.1 Å². The summed E-state index contributed by atoms with van der Waals surface area (Å²) in [6.07, 6.45) is -0.0295. The number of alkyl carbamates (subject to hydrolysis) is 2. The van der Waals surface area contributed by atoms with Gasteiger partial charge in [0, 0.05) is 26.2 Å². The average Bonchev–Trinajstić information content (AvgIpc) is 2.94. The van der Waals surface area contributed by atoms with Crippen LogP contribution in [0.4, 0.5) is 9.59 Å². The van der Waals surface area contributed by atoms with Crippen LogP contribution in [-0.4, -0.2) is 73.0 Å². The number of rotatable bonds is 5. The molecule has 0 aromatic rings. The third-order valence-corrected chi connectivity index (χ3v) is 3.59. The van der Waals surface area contributed by atoms with Gasteiger partial charge >= 0.3 is 12.2 Å². The Balaban J connectivity index is 2.47. The minimum Gasteiger partial charge on any atom is -0.444 e. The van der Waals surface area contributed by atoms with E-state index in [2.05, 4.69) is 25.8 Å². The fourth-order valence-electron chi connectivity index (χ4n) is 2.60. The molecule has 0 spiro atoms. The molecule has 1 fully saturated rings. The molecule has 1 aliphatic heterocycles. The molecule has 1 aliphatic rings. The third kappa shape index (κ3) is 10.2. The lowest BCUT2D eigenvalue weighted by atomic mass is 10.2. The van der Waals surface area contributed by atoms with Crippen molar-refractivity contribution in [3.8, 4) is 0 Å². The van der Waals surface area contributed by atoms with Crippen LogP contribution in [0.15, 0.2) is 4.99 Å². The summed E-state index contributed by atoms with van der Waals surface area (Å²) in [7, 11) is 0. The number of aliphatic imine (C=N–C) groups is 1. The van der Waals surface area contributed by atoms with Crippen LogP contribution in [0.2, 0.25) is 0 Å². The van der Waals surface area contributed by atoms with Gasteiger partial charge in [-0.2, -0.15) is 0 Å². The van der Waals surface area contributed by atoms with Gasteiger partial charge < -0.3 is 30.3 Å². The molecule has 3 N–H and O–H groups in total. The summed E-state index contributed by atoms with van der Waals surface area (Å²) in [6.45, 7) is 16.0. The first kappa shape index (κ1) is 23.8. The molecular weight excluding hydrogens is 362 g/mol. The van der Waals surface area contributed by atoms with Crippen LogP contribution in [0.3, 0.4) is 0 Å². The summed E-state index contributed by atoms with van der Waals surface area (Å²) in [6, 6.07) is 0.0126. The van der Waals surface area contributed by atoms with Gasteiger partial charge in [0.05, 0.1) is 12.6 Å². The van der Waals surface area contributed by atoms with E-state index in [4.69, 9.17) is 9.47 Å². The van der Waals surface area contributed by atoms with Crippen molar-refractivity contribution in [3.05, 3.63) is 0 Å². The number of ether oxygens (including phenoxy) is 2. The second-order valence-electron chi connectivity index (χ2n) is 8.74. The lowest BCUT2D eigenvalue weighted by molar-refractivity contribution is 0.0502. The summed E-state index contributed by atoms with van der Waals surface area (Å²) in [4.78, 5) is 30.3. The van der Waals surface area contributed by atoms with Gasteiger partial charge in [0.15, 0.2) is 5.96 Å². The Kier molecular flexibility index (Phi) is 8.84. The molecular formula is C19H37N5O4. The third-order valence-electron chi connectivity index (χ3n) is 3.59. The fourth-order valence-corrected chi connectivity index (χ4v) is 2.60. The van der Waals surface area contributed by atoms with E-state index in [0.717, 1.165) is 25.5 Å². The molecule has 2 amide bonds. The van der Waals surface area contributed by atoms with E-state index in [-0.39, 0.29) is 6.04 Å². The van der Waals surface area contributed by atoms with Crippen LogP contribution in [0.25, 0.3) is 0 Å². The van der Waals surface area contributed by atoms with Gasteiger partial charge in [0.25, 0.3) is 0 Å². The molecule has 162 valence electrons. The van der Waals surface area contributed by atoms with Gasteiger partial charge in [-0.05, 0) is 54.9 Å². The van der Waals surface area contributed by atoms with Gasteiger partial charge in [0.1, 0.15) is 11.2 Å². The lowest BCUT2D eigenvalue weighted by Crippen LogP contribution is -2.44. The molecule has 1 atom stereocenters. The minimum atomic E-state index is -0.520. The summed E-state index contributed by atoms with van der Waals surface area (Å²) >= 11 is 0. The monoisotopic (exact) mass is 399 g/mol. The Hall–Kier alpha value is -2.19. The van der Waals surface area contributed by atoms with Crippen molar-refractivity contribution in [2.24, 2.45) is 4.99 Å². The molecule has 0 bridgehead atoms. The Morgan fingerprint density at radius 3 is 2.21 bits per heavy atom. The maximum Gasteiger partial charge on any atom is 0.407 e. The van der Waals surface area contributed by atoms with Crippen molar-refractivity contribution < 1.29 is 19.1 Å². The van der Waals surface area contributed by atoms with Gasteiger partial charge in [-0.1, -0.05) is 0 Å². The number of amides is 2. The highest BCUT2D eigenvalue weighted by Crippen LogP contribution is 2.12. The molecule has 1 rings (SSSR count). The first-order valence-corrected chi connectivity index (χ1v) is 9.89. The Labute approximate surface area is 168 Å². The highest BCUT2D eigenvalue weighted by molar-refractivity contribution is 5.80. The highest BCUT2D eigenvalue weighted by atomic mass is 16.6. The number of hydrogen-bond donors (Lipinski definition) is 3. The maximum absolute atomic E-state index is 11.9. The number of likely N-dealkylation sites (tertiary alicyclic amines) is 1. The summed E-state index contributed by atoms with van der Waals surface area (Å²) in [5.74, 6) is 0.766. The number of carbonyl (C=O) groups is 2. The van der Waals surface area contributed by atoms with Crippen molar-refractivity contribution >= 4 is 18.1 Å². The molecule has 0 radical (unpaired) electrons. The molecule has 1 unspecified atom stereocenters. The van der Waals surface area contributed by atoms with Gasteiger partial charge in [-0.25, -0.2) is 9.59 Å². The second kappa shape index (κ2) is 10.4. The Morgan fingerprint density at radius 2 is 1.64 bits per heavy atom. The lowest BCUT2D eigenvalue weighted by Gasteiger charge is -2.23. The Bertz CT molecular complexity index is 552. The van der Waals surface area contributed by atoms with Crippen molar-refractivity contribution in [1.29, 1.82) is 0 Å². The molecule has 9 heteroatoms. The molecule has 9 nitrogen and oxygen atoms in total. The second-order valence-corrected chi connectivity index (χ2v) is 8.74. The van der Waals surface area contributed by atoms with E-state index >= 15 is 0 Å².